The molecule has 5 nitrogen and oxygen atoms in total. The normalized spacial score (nSPS) is 11.2. The molecule has 104 valence electrons. The number of nitro benzene ring substituents is 1. The third kappa shape index (κ3) is 3.30. The van der Waals surface area contributed by atoms with Gasteiger partial charge in [-0.3, -0.25) is 10.1 Å². The van der Waals surface area contributed by atoms with E-state index in [1.54, 1.807) is 6.07 Å². The molecule has 0 saturated heterocycles. The average molecular weight is 330 g/mol. The fourth-order valence-electron chi connectivity index (χ4n) is 1.45. The van der Waals surface area contributed by atoms with Crippen molar-refractivity contribution in [1.82, 2.24) is 0 Å². The Balaban J connectivity index is 2.38. The van der Waals surface area contributed by atoms with Crippen LogP contribution in [0.3, 0.4) is 0 Å². The van der Waals surface area contributed by atoms with Gasteiger partial charge in [0.2, 0.25) is 8.87 Å². The first-order chi connectivity index (χ1) is 9.40. The summed E-state index contributed by atoms with van der Waals surface area (Å²) in [4.78, 5) is 10.4. The highest BCUT2D eigenvalue weighted by Gasteiger charge is 2.22. The van der Waals surface area contributed by atoms with Gasteiger partial charge in [-0.05, 0) is 30.3 Å². The molecule has 0 atom stereocenters. The standard InChI is InChI=1S/C12H8ClNO4S2/c13-9-5-7-10(8-6-9)20(17,18)19-12-4-2-1-3-11(12)14(15)16/h1-8H. The van der Waals surface area contributed by atoms with Crippen LogP contribution in [-0.4, -0.2) is 13.3 Å². The van der Waals surface area contributed by atoms with Crippen molar-refractivity contribution in [3.05, 3.63) is 63.7 Å². The van der Waals surface area contributed by atoms with E-state index >= 15 is 0 Å². The van der Waals surface area contributed by atoms with Crippen LogP contribution in [0.4, 0.5) is 5.69 Å². The zero-order valence-corrected chi connectivity index (χ0v) is 12.3. The average Bonchev–Trinajstić information content (AvgIpc) is 2.39. The number of hydrogen-bond acceptors (Lipinski definition) is 5. The van der Waals surface area contributed by atoms with E-state index in [1.807, 2.05) is 0 Å². The summed E-state index contributed by atoms with van der Waals surface area (Å²) >= 11 is 5.70. The summed E-state index contributed by atoms with van der Waals surface area (Å²) in [6.45, 7) is 0. The van der Waals surface area contributed by atoms with Crippen LogP contribution in [-0.2, 0) is 8.87 Å². The Labute approximate surface area is 124 Å². The van der Waals surface area contributed by atoms with Crippen molar-refractivity contribution >= 4 is 37.0 Å². The maximum atomic E-state index is 12.2. The van der Waals surface area contributed by atoms with E-state index in [1.165, 1.54) is 42.5 Å². The van der Waals surface area contributed by atoms with Crippen LogP contribution in [0.1, 0.15) is 0 Å². The smallest absolute Gasteiger partial charge is 0.258 e. The highest BCUT2D eigenvalue weighted by molar-refractivity contribution is 8.72. The van der Waals surface area contributed by atoms with Crippen molar-refractivity contribution in [3.63, 3.8) is 0 Å². The fourth-order valence-corrected chi connectivity index (χ4v) is 4.49. The minimum atomic E-state index is -3.73. The highest BCUT2D eigenvalue weighted by Crippen LogP contribution is 2.36. The maximum absolute atomic E-state index is 12.2. The van der Waals surface area contributed by atoms with E-state index in [0.717, 1.165) is 0 Å². The zero-order valence-electron chi connectivity index (χ0n) is 9.89. The summed E-state index contributed by atoms with van der Waals surface area (Å²) in [7, 11) is -3.29. The summed E-state index contributed by atoms with van der Waals surface area (Å²) in [5.41, 5.74) is -0.241. The van der Waals surface area contributed by atoms with Gasteiger partial charge in [-0.2, -0.15) is 0 Å². The van der Waals surface area contributed by atoms with Gasteiger partial charge in [0.1, 0.15) is 4.90 Å². The van der Waals surface area contributed by atoms with E-state index in [-0.39, 0.29) is 15.5 Å². The van der Waals surface area contributed by atoms with Gasteiger partial charge < -0.3 is 0 Å². The quantitative estimate of drug-likeness (QED) is 0.485. The lowest BCUT2D eigenvalue weighted by Gasteiger charge is -2.04. The van der Waals surface area contributed by atoms with Crippen molar-refractivity contribution < 1.29 is 13.3 Å². The molecule has 2 aromatic carbocycles. The number of rotatable bonds is 4. The minimum Gasteiger partial charge on any atom is -0.258 e. The molecule has 0 unspecified atom stereocenters. The molecule has 8 heteroatoms. The third-order valence-corrected chi connectivity index (χ3v) is 5.98. The molecule has 0 heterocycles. The Kier molecular flexibility index (Phi) is 4.32. The Bertz CT molecular complexity index is 744. The lowest BCUT2D eigenvalue weighted by atomic mass is 10.3. The van der Waals surface area contributed by atoms with Crippen LogP contribution >= 0.6 is 22.4 Å². The van der Waals surface area contributed by atoms with Gasteiger partial charge in [-0.1, -0.05) is 23.7 Å². The number of para-hydroxylation sites is 1. The second-order valence-corrected chi connectivity index (χ2v) is 7.96. The lowest BCUT2D eigenvalue weighted by molar-refractivity contribution is -0.387. The number of nitro groups is 1. The third-order valence-electron chi connectivity index (χ3n) is 2.36. The zero-order chi connectivity index (χ0) is 14.8. The van der Waals surface area contributed by atoms with Crippen molar-refractivity contribution in [2.75, 3.05) is 0 Å². The van der Waals surface area contributed by atoms with Crippen LogP contribution in [0.15, 0.2) is 58.3 Å². The Hall–Kier alpha value is -1.57. The summed E-state index contributed by atoms with van der Waals surface area (Å²) in [5, 5.41) is 11.3. The second kappa shape index (κ2) is 5.82. The predicted octanol–water partition coefficient (Wildman–Crippen LogP) is 3.73. The summed E-state index contributed by atoms with van der Waals surface area (Å²) in [6, 6.07) is 11.3. The van der Waals surface area contributed by atoms with Gasteiger partial charge in [-0.15, -0.1) is 0 Å². The molecule has 0 amide bonds. The van der Waals surface area contributed by atoms with Gasteiger partial charge in [0, 0.05) is 21.9 Å². The van der Waals surface area contributed by atoms with Crippen molar-refractivity contribution in [2.24, 2.45) is 0 Å². The molecule has 0 bridgehead atoms. The summed E-state index contributed by atoms with van der Waals surface area (Å²) < 4.78 is 24.4. The molecule has 0 spiro atoms. The SMILES string of the molecule is O=[N+]([O-])c1ccccc1SS(=O)(=O)c1ccc(Cl)cc1. The van der Waals surface area contributed by atoms with Crippen LogP contribution in [0.25, 0.3) is 0 Å². The van der Waals surface area contributed by atoms with Crippen molar-refractivity contribution in [3.8, 4) is 0 Å². The molecule has 0 N–H and O–H groups in total. The topological polar surface area (TPSA) is 77.3 Å². The molecule has 0 aliphatic heterocycles. The number of halogens is 1. The highest BCUT2D eigenvalue weighted by atomic mass is 35.5. The molecular weight excluding hydrogens is 322 g/mol. The molecule has 2 aromatic rings. The van der Waals surface area contributed by atoms with E-state index in [2.05, 4.69) is 0 Å². The van der Waals surface area contributed by atoms with Crippen LogP contribution in [0.5, 0.6) is 0 Å². The monoisotopic (exact) mass is 329 g/mol. The fraction of sp³-hybridized carbons (Fsp3) is 0. The summed E-state index contributed by atoms with van der Waals surface area (Å²) in [6.07, 6.45) is 0. The molecule has 20 heavy (non-hydrogen) atoms. The molecule has 0 saturated carbocycles. The minimum absolute atomic E-state index is 0.0463. The second-order valence-electron chi connectivity index (χ2n) is 3.72. The Morgan fingerprint density at radius 3 is 2.25 bits per heavy atom. The van der Waals surface area contributed by atoms with Crippen molar-refractivity contribution in [2.45, 2.75) is 9.79 Å². The van der Waals surface area contributed by atoms with E-state index in [0.29, 0.717) is 15.8 Å². The van der Waals surface area contributed by atoms with E-state index in [9.17, 15) is 18.5 Å². The molecule has 0 aliphatic carbocycles. The van der Waals surface area contributed by atoms with Crippen molar-refractivity contribution in [1.29, 1.82) is 0 Å². The molecule has 0 fully saturated rings. The lowest BCUT2D eigenvalue weighted by Crippen LogP contribution is -1.97. The first-order valence-corrected chi connectivity index (χ1v) is 8.53. The molecule has 0 radical (unpaired) electrons. The van der Waals surface area contributed by atoms with Gasteiger partial charge >= 0.3 is 0 Å². The van der Waals surface area contributed by atoms with E-state index in [4.69, 9.17) is 11.6 Å². The maximum Gasteiger partial charge on any atom is 0.283 e. The van der Waals surface area contributed by atoms with Gasteiger partial charge in [0.15, 0.2) is 0 Å². The molecule has 0 aromatic heterocycles. The van der Waals surface area contributed by atoms with Crippen LogP contribution in [0.2, 0.25) is 5.02 Å². The summed E-state index contributed by atoms with van der Waals surface area (Å²) in [5.74, 6) is 0. The molecule has 0 aliphatic rings. The first-order valence-electron chi connectivity index (χ1n) is 5.33. The van der Waals surface area contributed by atoms with Crippen LogP contribution in [0, 0.1) is 10.1 Å². The largest absolute Gasteiger partial charge is 0.283 e. The number of hydrogen-bond donors (Lipinski definition) is 0. The predicted molar refractivity (Wildman–Crippen MR) is 77.6 cm³/mol. The van der Waals surface area contributed by atoms with E-state index < -0.39 is 13.8 Å². The van der Waals surface area contributed by atoms with Gasteiger partial charge in [0.05, 0.1) is 9.82 Å². The molecular formula is C12H8ClNO4S2. The molecule has 2 rings (SSSR count). The van der Waals surface area contributed by atoms with Crippen LogP contribution < -0.4 is 0 Å². The number of nitrogens with zero attached hydrogens (tertiary/aromatic N) is 1. The Morgan fingerprint density at radius 2 is 1.65 bits per heavy atom. The van der Waals surface area contributed by atoms with Gasteiger partial charge in [-0.25, -0.2) is 8.42 Å². The Morgan fingerprint density at radius 1 is 1.05 bits per heavy atom. The number of benzene rings is 2. The van der Waals surface area contributed by atoms with Gasteiger partial charge in [0.25, 0.3) is 5.69 Å². The first kappa shape index (κ1) is 14.8.